The molecule has 0 fully saturated rings. The molecule has 0 atom stereocenters. The van der Waals surface area contributed by atoms with Crippen molar-refractivity contribution in [3.05, 3.63) is 34.4 Å². The van der Waals surface area contributed by atoms with Crippen molar-refractivity contribution in [1.82, 2.24) is 0 Å². The normalized spacial score (nSPS) is 9.60. The number of rotatable bonds is 5. The van der Waals surface area contributed by atoms with Crippen molar-refractivity contribution < 1.29 is 19.7 Å². The maximum Gasteiger partial charge on any atom is 0.332 e. The largest absolute Gasteiger partial charge is 0.479 e. The Kier molecular flexibility index (Phi) is 3.58. The first-order chi connectivity index (χ1) is 7.09. The molecule has 0 bridgehead atoms. The van der Waals surface area contributed by atoms with Crippen LogP contribution in [-0.2, 0) is 9.63 Å². The van der Waals surface area contributed by atoms with E-state index in [1.165, 1.54) is 24.3 Å². The Hall–Kier alpha value is -2.15. The van der Waals surface area contributed by atoms with Crippen molar-refractivity contribution in [2.24, 2.45) is 0 Å². The summed E-state index contributed by atoms with van der Waals surface area (Å²) in [6.45, 7) is -0.525. The number of nitro groups is 1. The summed E-state index contributed by atoms with van der Waals surface area (Å²) in [5.41, 5.74) is 2.51. The molecular formula is C8H8N2O5. The highest BCUT2D eigenvalue weighted by Crippen LogP contribution is 2.16. The minimum atomic E-state index is -1.13. The zero-order chi connectivity index (χ0) is 11.3. The summed E-state index contributed by atoms with van der Waals surface area (Å²) in [7, 11) is 0. The molecule has 15 heavy (non-hydrogen) atoms. The van der Waals surface area contributed by atoms with Gasteiger partial charge in [-0.05, 0) is 6.07 Å². The lowest BCUT2D eigenvalue weighted by Crippen LogP contribution is -2.11. The van der Waals surface area contributed by atoms with E-state index in [-0.39, 0.29) is 5.69 Å². The number of nitrogens with one attached hydrogen (secondary N) is 1. The fourth-order valence-corrected chi connectivity index (χ4v) is 0.864. The van der Waals surface area contributed by atoms with E-state index in [1.54, 1.807) is 0 Å². The van der Waals surface area contributed by atoms with Gasteiger partial charge >= 0.3 is 5.97 Å². The summed E-state index contributed by atoms with van der Waals surface area (Å²) in [5, 5.41) is 18.6. The molecule has 80 valence electrons. The molecule has 0 unspecified atom stereocenters. The summed E-state index contributed by atoms with van der Waals surface area (Å²) in [4.78, 5) is 24.5. The molecule has 0 aliphatic heterocycles. The van der Waals surface area contributed by atoms with Crippen molar-refractivity contribution in [3.63, 3.8) is 0 Å². The quantitative estimate of drug-likeness (QED) is 0.558. The standard InChI is InChI=1S/C8H8N2O5/c11-8(12)5-15-9-6-2-1-3-7(4-6)10(13)14/h1-4,9H,5H2,(H,11,12). The predicted molar refractivity (Wildman–Crippen MR) is 50.3 cm³/mol. The number of hydrogen-bond acceptors (Lipinski definition) is 5. The highest BCUT2D eigenvalue weighted by atomic mass is 16.7. The smallest absolute Gasteiger partial charge is 0.332 e. The maximum atomic E-state index is 10.4. The average Bonchev–Trinajstić information content (AvgIpc) is 2.17. The van der Waals surface area contributed by atoms with E-state index in [1.807, 2.05) is 0 Å². The van der Waals surface area contributed by atoms with Crippen LogP contribution in [-0.4, -0.2) is 22.6 Å². The van der Waals surface area contributed by atoms with Crippen molar-refractivity contribution in [3.8, 4) is 0 Å². The van der Waals surface area contributed by atoms with Crippen LogP contribution in [0.15, 0.2) is 24.3 Å². The zero-order valence-corrected chi connectivity index (χ0v) is 7.54. The Balaban J connectivity index is 2.58. The molecule has 0 heterocycles. The van der Waals surface area contributed by atoms with Gasteiger partial charge in [-0.15, -0.1) is 0 Å². The third kappa shape index (κ3) is 3.61. The second kappa shape index (κ2) is 4.91. The molecule has 0 spiro atoms. The molecule has 2 N–H and O–H groups in total. The van der Waals surface area contributed by atoms with E-state index in [2.05, 4.69) is 10.3 Å². The van der Waals surface area contributed by atoms with E-state index >= 15 is 0 Å². The van der Waals surface area contributed by atoms with Gasteiger partial charge in [-0.3, -0.25) is 20.4 Å². The van der Waals surface area contributed by atoms with Crippen LogP contribution in [0.3, 0.4) is 0 Å². The lowest BCUT2D eigenvalue weighted by molar-refractivity contribution is -0.384. The molecule has 1 rings (SSSR count). The number of nitro benzene ring substituents is 1. The third-order valence-electron chi connectivity index (χ3n) is 1.44. The molecule has 0 amide bonds. The van der Waals surface area contributed by atoms with E-state index in [0.717, 1.165) is 0 Å². The van der Waals surface area contributed by atoms with Crippen molar-refractivity contribution in [2.45, 2.75) is 0 Å². The number of carboxylic acid groups (broad SMARTS) is 1. The second-order valence-electron chi connectivity index (χ2n) is 2.59. The summed E-state index contributed by atoms with van der Waals surface area (Å²) in [6.07, 6.45) is 0. The van der Waals surface area contributed by atoms with Gasteiger partial charge in [-0.25, -0.2) is 4.79 Å². The molecule has 7 nitrogen and oxygen atoms in total. The summed E-state index contributed by atoms with van der Waals surface area (Å²) >= 11 is 0. The number of hydrogen-bond donors (Lipinski definition) is 2. The van der Waals surface area contributed by atoms with Crippen LogP contribution in [0.1, 0.15) is 0 Å². The van der Waals surface area contributed by atoms with Gasteiger partial charge in [0.15, 0.2) is 6.61 Å². The Bertz CT molecular complexity index is 379. The fraction of sp³-hybridized carbons (Fsp3) is 0.125. The molecule has 1 aromatic rings. The number of aliphatic carboxylic acids is 1. The van der Waals surface area contributed by atoms with Crippen LogP contribution in [0.2, 0.25) is 0 Å². The van der Waals surface area contributed by atoms with Gasteiger partial charge in [-0.2, -0.15) is 0 Å². The average molecular weight is 212 g/mol. The summed E-state index contributed by atoms with van der Waals surface area (Å²) < 4.78 is 0. The lowest BCUT2D eigenvalue weighted by Gasteiger charge is -2.03. The Labute approximate surface area is 84.4 Å². The van der Waals surface area contributed by atoms with E-state index in [4.69, 9.17) is 5.11 Å². The van der Waals surface area contributed by atoms with Crippen LogP contribution in [0, 0.1) is 10.1 Å². The highest BCUT2D eigenvalue weighted by Gasteiger charge is 2.05. The summed E-state index contributed by atoms with van der Waals surface area (Å²) in [5.74, 6) is -1.13. The minimum absolute atomic E-state index is 0.0982. The van der Waals surface area contributed by atoms with Crippen LogP contribution in [0.4, 0.5) is 11.4 Å². The van der Waals surface area contributed by atoms with Crippen LogP contribution in [0.25, 0.3) is 0 Å². The molecule has 0 radical (unpaired) electrons. The lowest BCUT2D eigenvalue weighted by atomic mass is 10.3. The van der Waals surface area contributed by atoms with Crippen LogP contribution in [0.5, 0.6) is 0 Å². The molecule has 0 saturated heterocycles. The van der Waals surface area contributed by atoms with Crippen molar-refractivity contribution in [2.75, 3.05) is 12.1 Å². The Morgan fingerprint density at radius 2 is 2.33 bits per heavy atom. The van der Waals surface area contributed by atoms with E-state index in [0.29, 0.717) is 5.69 Å². The SMILES string of the molecule is O=C(O)CONc1cccc([N+](=O)[O-])c1. The number of nitrogens with zero attached hydrogens (tertiary/aromatic N) is 1. The molecule has 0 aliphatic carbocycles. The number of carboxylic acids is 1. The molecular weight excluding hydrogens is 204 g/mol. The fourth-order valence-electron chi connectivity index (χ4n) is 0.864. The van der Waals surface area contributed by atoms with Crippen molar-refractivity contribution in [1.29, 1.82) is 0 Å². The minimum Gasteiger partial charge on any atom is -0.479 e. The van der Waals surface area contributed by atoms with Gasteiger partial charge in [0, 0.05) is 12.1 Å². The molecule has 7 heteroatoms. The highest BCUT2D eigenvalue weighted by molar-refractivity contribution is 5.68. The zero-order valence-electron chi connectivity index (χ0n) is 7.54. The van der Waals surface area contributed by atoms with Gasteiger partial charge < -0.3 is 5.11 Å². The van der Waals surface area contributed by atoms with Gasteiger partial charge in [0.25, 0.3) is 5.69 Å². The first kappa shape index (κ1) is 10.9. The third-order valence-corrected chi connectivity index (χ3v) is 1.44. The number of carbonyl (C=O) groups is 1. The topological polar surface area (TPSA) is 102 Å². The number of non-ortho nitro benzene ring substituents is 1. The second-order valence-corrected chi connectivity index (χ2v) is 2.59. The predicted octanol–water partition coefficient (Wildman–Crippen LogP) is 1.02. The van der Waals surface area contributed by atoms with Crippen LogP contribution < -0.4 is 5.48 Å². The molecule has 0 saturated carbocycles. The monoisotopic (exact) mass is 212 g/mol. The Morgan fingerprint density at radius 1 is 1.60 bits per heavy atom. The molecule has 1 aromatic carbocycles. The number of benzene rings is 1. The Morgan fingerprint density at radius 3 is 2.93 bits per heavy atom. The van der Waals surface area contributed by atoms with E-state index in [9.17, 15) is 14.9 Å². The van der Waals surface area contributed by atoms with Crippen LogP contribution >= 0.6 is 0 Å². The van der Waals surface area contributed by atoms with E-state index < -0.39 is 17.5 Å². The maximum absolute atomic E-state index is 10.4. The van der Waals surface area contributed by atoms with Gasteiger partial charge in [0.05, 0.1) is 10.6 Å². The van der Waals surface area contributed by atoms with Gasteiger partial charge in [0.1, 0.15) is 0 Å². The van der Waals surface area contributed by atoms with Crippen molar-refractivity contribution >= 4 is 17.3 Å². The molecule has 0 aliphatic rings. The summed E-state index contributed by atoms with van der Waals surface area (Å²) in [6, 6.07) is 5.55. The van der Waals surface area contributed by atoms with Gasteiger partial charge in [-0.1, -0.05) is 6.07 Å². The first-order valence-corrected chi connectivity index (χ1v) is 3.93. The first-order valence-electron chi connectivity index (χ1n) is 3.93. The van der Waals surface area contributed by atoms with Gasteiger partial charge in [0.2, 0.25) is 0 Å². The molecule has 0 aromatic heterocycles. The number of anilines is 1.